The molecule has 0 radical (unpaired) electrons. The second kappa shape index (κ2) is 2.98. The lowest BCUT2D eigenvalue weighted by Crippen LogP contribution is -2.22. The van der Waals surface area contributed by atoms with E-state index in [2.05, 4.69) is 0 Å². The molecule has 0 bridgehead atoms. The maximum Gasteiger partial charge on any atom is 0.307 e. The van der Waals surface area contributed by atoms with Crippen LogP contribution in [0.3, 0.4) is 0 Å². The van der Waals surface area contributed by atoms with Crippen LogP contribution in [-0.2, 0) is 14.6 Å². The molecular formula is C4H8O5S. The van der Waals surface area contributed by atoms with Crippen molar-refractivity contribution in [2.24, 2.45) is 0 Å². The summed E-state index contributed by atoms with van der Waals surface area (Å²) in [5.74, 6) is -1.34. The summed E-state index contributed by atoms with van der Waals surface area (Å²) in [4.78, 5) is 9.83. The Morgan fingerprint density at radius 1 is 1.60 bits per heavy atom. The number of hydrogen-bond acceptors (Lipinski definition) is 4. The Bertz CT molecular complexity index is 216. The minimum Gasteiger partial charge on any atom is -0.481 e. The Labute approximate surface area is 58.2 Å². The minimum absolute atomic E-state index is 0.765. The predicted molar refractivity (Wildman–Crippen MR) is 33.1 cm³/mol. The first-order valence-corrected chi connectivity index (χ1v) is 4.38. The van der Waals surface area contributed by atoms with Crippen molar-refractivity contribution in [2.75, 3.05) is 6.26 Å². The van der Waals surface area contributed by atoms with Crippen LogP contribution in [0.25, 0.3) is 0 Å². The number of aliphatic hydroxyl groups is 1. The summed E-state index contributed by atoms with van der Waals surface area (Å²) < 4.78 is 20.7. The number of hydrogen-bond donors (Lipinski definition) is 2. The maximum atomic E-state index is 10.4. The van der Waals surface area contributed by atoms with Gasteiger partial charge in [-0.15, -0.1) is 0 Å². The lowest BCUT2D eigenvalue weighted by atomic mass is 10.5. The summed E-state index contributed by atoms with van der Waals surface area (Å²) in [6.07, 6.45) is 0.0133. The smallest absolute Gasteiger partial charge is 0.307 e. The zero-order chi connectivity index (χ0) is 8.36. The molecule has 0 spiro atoms. The normalized spacial score (nSPS) is 14.6. The van der Waals surface area contributed by atoms with E-state index in [0.717, 1.165) is 6.26 Å². The van der Waals surface area contributed by atoms with Crippen LogP contribution in [0, 0.1) is 0 Å². The van der Waals surface area contributed by atoms with E-state index in [1.807, 2.05) is 0 Å². The van der Waals surface area contributed by atoms with E-state index in [1.54, 1.807) is 0 Å². The van der Waals surface area contributed by atoms with Crippen LogP contribution in [0.15, 0.2) is 0 Å². The van der Waals surface area contributed by atoms with Crippen molar-refractivity contribution in [1.29, 1.82) is 0 Å². The largest absolute Gasteiger partial charge is 0.481 e. The van der Waals surface area contributed by atoms with Gasteiger partial charge in [-0.05, 0) is 0 Å². The van der Waals surface area contributed by atoms with Gasteiger partial charge in [0, 0.05) is 6.26 Å². The molecule has 1 atom stereocenters. The third kappa shape index (κ3) is 3.41. The highest BCUT2D eigenvalue weighted by atomic mass is 32.2. The summed E-state index contributed by atoms with van der Waals surface area (Å²) in [6, 6.07) is 0. The molecule has 0 saturated heterocycles. The molecule has 1 unspecified atom stereocenters. The van der Waals surface area contributed by atoms with Crippen LogP contribution >= 0.6 is 0 Å². The number of sulfone groups is 1. The molecule has 60 valence electrons. The van der Waals surface area contributed by atoms with E-state index in [0.29, 0.717) is 0 Å². The van der Waals surface area contributed by atoms with Crippen LogP contribution in [0.5, 0.6) is 0 Å². The SMILES string of the molecule is CS(=O)(=O)C(O)CC(=O)O. The van der Waals surface area contributed by atoms with E-state index in [1.165, 1.54) is 0 Å². The van der Waals surface area contributed by atoms with Crippen LogP contribution in [-0.4, -0.2) is 36.3 Å². The van der Waals surface area contributed by atoms with Crippen molar-refractivity contribution < 1.29 is 23.4 Å². The van der Waals surface area contributed by atoms with Gasteiger partial charge >= 0.3 is 5.97 Å². The molecule has 10 heavy (non-hydrogen) atoms. The Kier molecular flexibility index (Phi) is 2.79. The van der Waals surface area contributed by atoms with Gasteiger partial charge in [-0.3, -0.25) is 4.79 Å². The molecule has 0 aliphatic rings. The number of aliphatic carboxylic acids is 1. The van der Waals surface area contributed by atoms with Crippen LogP contribution in [0.1, 0.15) is 6.42 Å². The molecule has 0 heterocycles. The maximum absolute atomic E-state index is 10.4. The van der Waals surface area contributed by atoms with Crippen molar-refractivity contribution in [3.8, 4) is 0 Å². The molecule has 0 aliphatic carbocycles. The summed E-state index contributed by atoms with van der Waals surface area (Å²) in [6.45, 7) is 0. The number of rotatable bonds is 3. The highest BCUT2D eigenvalue weighted by molar-refractivity contribution is 7.91. The second-order valence-electron chi connectivity index (χ2n) is 1.88. The van der Waals surface area contributed by atoms with Gasteiger partial charge in [0.2, 0.25) is 0 Å². The van der Waals surface area contributed by atoms with Gasteiger partial charge < -0.3 is 10.2 Å². The average molecular weight is 168 g/mol. The van der Waals surface area contributed by atoms with Crippen molar-refractivity contribution in [3.63, 3.8) is 0 Å². The zero-order valence-corrected chi connectivity index (χ0v) is 6.13. The van der Waals surface area contributed by atoms with Gasteiger partial charge in [0.25, 0.3) is 0 Å². The van der Waals surface area contributed by atoms with E-state index in [9.17, 15) is 13.2 Å². The fraction of sp³-hybridized carbons (Fsp3) is 0.750. The van der Waals surface area contributed by atoms with Gasteiger partial charge in [0.15, 0.2) is 15.3 Å². The summed E-state index contributed by atoms with van der Waals surface area (Å²) in [5, 5.41) is 16.6. The number of carbonyl (C=O) groups is 1. The fourth-order valence-corrected chi connectivity index (χ4v) is 0.746. The minimum atomic E-state index is -3.62. The first kappa shape index (κ1) is 9.38. The Balaban J connectivity index is 4.12. The number of aliphatic hydroxyl groups excluding tert-OH is 1. The van der Waals surface area contributed by atoms with Crippen molar-refractivity contribution in [3.05, 3.63) is 0 Å². The topological polar surface area (TPSA) is 91.7 Å². The fourth-order valence-electron chi connectivity index (χ4n) is 0.301. The summed E-state index contributed by atoms with van der Waals surface area (Å²) in [5.41, 5.74) is -1.79. The molecule has 0 amide bonds. The molecule has 2 N–H and O–H groups in total. The van der Waals surface area contributed by atoms with E-state index in [4.69, 9.17) is 10.2 Å². The summed E-state index contributed by atoms with van der Waals surface area (Å²) >= 11 is 0. The monoisotopic (exact) mass is 168 g/mol. The van der Waals surface area contributed by atoms with Crippen molar-refractivity contribution in [2.45, 2.75) is 11.9 Å². The number of carboxylic acid groups (broad SMARTS) is 1. The molecule has 0 aromatic carbocycles. The van der Waals surface area contributed by atoms with Crippen molar-refractivity contribution in [1.82, 2.24) is 0 Å². The highest BCUT2D eigenvalue weighted by Crippen LogP contribution is 1.98. The van der Waals surface area contributed by atoms with Crippen molar-refractivity contribution >= 4 is 15.8 Å². The quantitative estimate of drug-likeness (QED) is 0.553. The molecular weight excluding hydrogens is 160 g/mol. The molecule has 6 heteroatoms. The molecule has 0 fully saturated rings. The van der Waals surface area contributed by atoms with Gasteiger partial charge in [0.05, 0.1) is 6.42 Å². The van der Waals surface area contributed by atoms with Gasteiger partial charge in [-0.1, -0.05) is 0 Å². The van der Waals surface area contributed by atoms with Crippen LogP contribution in [0.4, 0.5) is 0 Å². The van der Waals surface area contributed by atoms with E-state index >= 15 is 0 Å². The van der Waals surface area contributed by atoms with Crippen LogP contribution < -0.4 is 0 Å². The molecule has 5 nitrogen and oxygen atoms in total. The Morgan fingerprint density at radius 3 is 2.10 bits per heavy atom. The molecule has 0 aromatic heterocycles. The van der Waals surface area contributed by atoms with Gasteiger partial charge in [-0.2, -0.15) is 0 Å². The first-order chi connectivity index (χ1) is 4.34. The molecule has 0 aromatic rings. The second-order valence-corrected chi connectivity index (χ2v) is 4.09. The predicted octanol–water partition coefficient (Wildman–Crippen LogP) is -1.18. The van der Waals surface area contributed by atoms with Gasteiger partial charge in [0.1, 0.15) is 0 Å². The Hall–Kier alpha value is -0.620. The summed E-state index contributed by atoms with van der Waals surface area (Å²) in [7, 11) is -3.62. The third-order valence-corrected chi connectivity index (χ3v) is 2.00. The molecule has 0 saturated carbocycles. The van der Waals surface area contributed by atoms with E-state index in [-0.39, 0.29) is 0 Å². The van der Waals surface area contributed by atoms with Gasteiger partial charge in [-0.25, -0.2) is 8.42 Å². The first-order valence-electron chi connectivity index (χ1n) is 2.43. The van der Waals surface area contributed by atoms with E-state index < -0.39 is 27.7 Å². The zero-order valence-electron chi connectivity index (χ0n) is 5.31. The lowest BCUT2D eigenvalue weighted by molar-refractivity contribution is -0.138. The molecule has 0 aliphatic heterocycles. The average Bonchev–Trinajstić information content (AvgIpc) is 1.60. The highest BCUT2D eigenvalue weighted by Gasteiger charge is 2.19. The van der Waals surface area contributed by atoms with Crippen LogP contribution in [0.2, 0.25) is 0 Å². The number of carboxylic acids is 1. The standard InChI is InChI=1S/C4H8O5S/c1-10(8,9)4(7)2-3(5)6/h4,7H,2H2,1H3,(H,5,6). The molecule has 0 rings (SSSR count). The Morgan fingerprint density at radius 2 is 2.00 bits per heavy atom. The third-order valence-electron chi connectivity index (χ3n) is 0.843. The lowest BCUT2D eigenvalue weighted by Gasteiger charge is -2.02.